The molecule has 0 bridgehead atoms. The third kappa shape index (κ3) is 6.27. The molecule has 0 spiro atoms. The highest BCUT2D eigenvalue weighted by atomic mass is 32.2. The highest BCUT2D eigenvalue weighted by molar-refractivity contribution is 7.88. The molecule has 2 aliphatic heterocycles. The first-order chi connectivity index (χ1) is 13.8. The Bertz CT molecular complexity index is 765. The van der Waals surface area contributed by atoms with E-state index in [2.05, 4.69) is 17.1 Å². The molecule has 0 radical (unpaired) electrons. The number of benzene rings is 1. The summed E-state index contributed by atoms with van der Waals surface area (Å²) >= 11 is 0. The molecule has 0 aromatic heterocycles. The van der Waals surface area contributed by atoms with Crippen LogP contribution >= 0.6 is 0 Å². The average Bonchev–Trinajstić information content (AvgIpc) is 3.24. The number of sulfonamides is 1. The number of hydrogen-bond acceptors (Lipinski definition) is 4. The van der Waals surface area contributed by atoms with Crippen molar-refractivity contribution in [3.05, 3.63) is 35.4 Å². The van der Waals surface area contributed by atoms with Crippen molar-refractivity contribution in [2.45, 2.75) is 57.7 Å². The van der Waals surface area contributed by atoms with Crippen LogP contribution in [0.5, 0.6) is 0 Å². The van der Waals surface area contributed by atoms with Gasteiger partial charge in [0.15, 0.2) is 0 Å². The molecule has 0 unspecified atom stereocenters. The Morgan fingerprint density at radius 3 is 2.34 bits per heavy atom. The number of piperidine rings is 1. The van der Waals surface area contributed by atoms with Gasteiger partial charge in [-0.25, -0.2) is 12.7 Å². The smallest absolute Gasteiger partial charge is 0.223 e. The summed E-state index contributed by atoms with van der Waals surface area (Å²) < 4.78 is 27.0. The minimum atomic E-state index is -3.34. The second kappa shape index (κ2) is 10.0. The number of carbonyl (C=O) groups excluding carboxylic acids is 1. The predicted octanol–water partition coefficient (Wildman–Crippen LogP) is 2.53. The van der Waals surface area contributed by atoms with Gasteiger partial charge in [-0.2, -0.15) is 0 Å². The van der Waals surface area contributed by atoms with Gasteiger partial charge in [0.2, 0.25) is 15.9 Å². The fourth-order valence-electron chi connectivity index (χ4n) is 4.30. The van der Waals surface area contributed by atoms with E-state index in [-0.39, 0.29) is 17.6 Å². The Kier molecular flexibility index (Phi) is 7.71. The molecule has 2 heterocycles. The van der Waals surface area contributed by atoms with Crippen LogP contribution in [-0.2, 0) is 20.6 Å². The Hall–Kier alpha value is -1.44. The van der Waals surface area contributed by atoms with Crippen molar-refractivity contribution in [1.29, 1.82) is 0 Å². The topological polar surface area (TPSA) is 69.7 Å². The monoisotopic (exact) mass is 421 g/mol. The third-order valence-electron chi connectivity index (χ3n) is 6.31. The summed E-state index contributed by atoms with van der Waals surface area (Å²) in [4.78, 5) is 15.0. The van der Waals surface area contributed by atoms with Gasteiger partial charge in [0.25, 0.3) is 0 Å². The number of likely N-dealkylation sites (tertiary alicyclic amines) is 1. The quantitative estimate of drug-likeness (QED) is 0.700. The van der Waals surface area contributed by atoms with Crippen molar-refractivity contribution in [3.8, 4) is 0 Å². The standard InChI is InChI=1S/C22H35N3O3S/c1-18-5-7-20(8-6-18)17-29(27,28)25-15-10-21(11-16-25)22(26)23-12-9-19(2)24-13-3-4-14-24/h5-8,19,21H,3-4,9-17H2,1-2H3,(H,23,26)/t19-/m1/s1. The minimum absolute atomic E-state index is 0.0263. The minimum Gasteiger partial charge on any atom is -0.356 e. The molecule has 2 fully saturated rings. The highest BCUT2D eigenvalue weighted by Gasteiger charge is 2.31. The van der Waals surface area contributed by atoms with Crippen LogP contribution in [-0.4, -0.2) is 62.3 Å². The van der Waals surface area contributed by atoms with Crippen molar-refractivity contribution in [3.63, 3.8) is 0 Å². The van der Waals surface area contributed by atoms with Gasteiger partial charge in [-0.3, -0.25) is 4.79 Å². The van der Waals surface area contributed by atoms with E-state index in [9.17, 15) is 13.2 Å². The van der Waals surface area contributed by atoms with E-state index < -0.39 is 10.0 Å². The fourth-order valence-corrected chi connectivity index (χ4v) is 5.86. The van der Waals surface area contributed by atoms with Gasteiger partial charge in [-0.1, -0.05) is 29.8 Å². The number of hydrogen-bond donors (Lipinski definition) is 1. The van der Waals surface area contributed by atoms with Crippen LogP contribution in [0.2, 0.25) is 0 Å². The van der Waals surface area contributed by atoms with E-state index in [1.807, 2.05) is 31.2 Å². The molecule has 29 heavy (non-hydrogen) atoms. The summed E-state index contributed by atoms with van der Waals surface area (Å²) in [5, 5.41) is 3.07. The molecule has 1 atom stereocenters. The molecule has 1 aromatic rings. The summed E-state index contributed by atoms with van der Waals surface area (Å²) in [6.45, 7) is 8.11. The number of rotatable bonds is 8. The lowest BCUT2D eigenvalue weighted by Gasteiger charge is -2.31. The number of amides is 1. The lowest BCUT2D eigenvalue weighted by Crippen LogP contribution is -2.44. The summed E-state index contributed by atoms with van der Waals surface area (Å²) in [5.41, 5.74) is 1.93. The molecule has 0 aliphatic carbocycles. The van der Waals surface area contributed by atoms with Gasteiger partial charge in [0.05, 0.1) is 5.75 Å². The third-order valence-corrected chi connectivity index (χ3v) is 8.16. The van der Waals surface area contributed by atoms with Gasteiger partial charge < -0.3 is 10.2 Å². The normalized spacial score (nSPS) is 20.6. The lowest BCUT2D eigenvalue weighted by atomic mass is 9.97. The maximum Gasteiger partial charge on any atom is 0.223 e. The van der Waals surface area contributed by atoms with Crippen LogP contribution in [0.4, 0.5) is 0 Å². The van der Waals surface area contributed by atoms with E-state index in [1.165, 1.54) is 25.9 Å². The Morgan fingerprint density at radius 1 is 1.10 bits per heavy atom. The van der Waals surface area contributed by atoms with Crippen LogP contribution in [0.25, 0.3) is 0 Å². The van der Waals surface area contributed by atoms with Crippen LogP contribution in [0, 0.1) is 12.8 Å². The first-order valence-electron chi connectivity index (χ1n) is 10.9. The molecule has 162 valence electrons. The van der Waals surface area contributed by atoms with Crippen LogP contribution in [0.1, 0.15) is 50.2 Å². The molecule has 0 saturated carbocycles. The van der Waals surface area contributed by atoms with E-state index in [0.29, 0.717) is 38.5 Å². The summed E-state index contributed by atoms with van der Waals surface area (Å²) in [6, 6.07) is 8.12. The number of nitrogens with one attached hydrogen (secondary N) is 1. The summed E-state index contributed by atoms with van der Waals surface area (Å²) in [6.07, 6.45) is 4.72. The maximum atomic E-state index is 12.7. The van der Waals surface area contributed by atoms with Crippen molar-refractivity contribution in [1.82, 2.24) is 14.5 Å². The van der Waals surface area contributed by atoms with Crippen LogP contribution < -0.4 is 5.32 Å². The summed E-state index contributed by atoms with van der Waals surface area (Å²) in [5.74, 6) is 0.0237. The van der Waals surface area contributed by atoms with Gasteiger partial charge in [0, 0.05) is 31.6 Å². The van der Waals surface area contributed by atoms with Crippen molar-refractivity contribution in [2.75, 3.05) is 32.7 Å². The second-order valence-electron chi connectivity index (χ2n) is 8.59. The van der Waals surface area contributed by atoms with E-state index in [4.69, 9.17) is 0 Å². The molecule has 3 rings (SSSR count). The van der Waals surface area contributed by atoms with Crippen LogP contribution in [0.15, 0.2) is 24.3 Å². The predicted molar refractivity (Wildman–Crippen MR) is 116 cm³/mol. The maximum absolute atomic E-state index is 12.7. The number of aryl methyl sites for hydroxylation is 1. The summed E-state index contributed by atoms with van der Waals surface area (Å²) in [7, 11) is -3.34. The van der Waals surface area contributed by atoms with Gasteiger partial charge in [0.1, 0.15) is 0 Å². The second-order valence-corrected chi connectivity index (χ2v) is 10.6. The molecule has 2 aliphatic rings. The molecule has 1 aromatic carbocycles. The first-order valence-corrected chi connectivity index (χ1v) is 12.5. The zero-order valence-corrected chi connectivity index (χ0v) is 18.6. The number of carbonyl (C=O) groups is 1. The molecule has 7 heteroatoms. The van der Waals surface area contributed by atoms with Crippen LogP contribution in [0.3, 0.4) is 0 Å². The Balaban J connectivity index is 1.40. The van der Waals surface area contributed by atoms with Crippen molar-refractivity contribution >= 4 is 15.9 Å². The molecule has 6 nitrogen and oxygen atoms in total. The van der Waals surface area contributed by atoms with Gasteiger partial charge >= 0.3 is 0 Å². The largest absolute Gasteiger partial charge is 0.356 e. The average molecular weight is 422 g/mol. The Labute approximate surface area is 175 Å². The first kappa shape index (κ1) is 22.2. The lowest BCUT2D eigenvalue weighted by molar-refractivity contribution is -0.126. The van der Waals surface area contributed by atoms with E-state index in [0.717, 1.165) is 17.5 Å². The van der Waals surface area contributed by atoms with E-state index >= 15 is 0 Å². The molecule has 2 saturated heterocycles. The van der Waals surface area contributed by atoms with Gasteiger partial charge in [-0.15, -0.1) is 0 Å². The van der Waals surface area contributed by atoms with Gasteiger partial charge in [-0.05, 0) is 64.6 Å². The zero-order valence-electron chi connectivity index (χ0n) is 17.8. The van der Waals surface area contributed by atoms with Crippen molar-refractivity contribution < 1.29 is 13.2 Å². The van der Waals surface area contributed by atoms with Crippen molar-refractivity contribution in [2.24, 2.45) is 5.92 Å². The van der Waals surface area contributed by atoms with E-state index in [1.54, 1.807) is 4.31 Å². The number of nitrogens with zero attached hydrogens (tertiary/aromatic N) is 2. The molecular formula is C22H35N3O3S. The molecule has 1 amide bonds. The SMILES string of the molecule is Cc1ccc(CS(=O)(=O)N2CCC(C(=O)NCC[C@@H](C)N3CCCC3)CC2)cc1. The fraction of sp³-hybridized carbons (Fsp3) is 0.682. The molecular weight excluding hydrogens is 386 g/mol. The Morgan fingerprint density at radius 2 is 1.72 bits per heavy atom. The zero-order chi connectivity index (χ0) is 20.9. The molecule has 1 N–H and O–H groups in total. The highest BCUT2D eigenvalue weighted by Crippen LogP contribution is 2.22.